The standard InChI is InChI=1S/C18H27N3O3/c1-4-19-18(20-9-10-23-12-11-22-3)21-13-17-14(2)15-7-5-6-8-16(15)24-17/h5-8H,4,9-13H2,1-3H3,(H2,19,20,21). The number of methoxy groups -OCH3 is 1. The Kier molecular flexibility index (Phi) is 7.58. The smallest absolute Gasteiger partial charge is 0.191 e. The van der Waals surface area contributed by atoms with Gasteiger partial charge in [0.2, 0.25) is 0 Å². The summed E-state index contributed by atoms with van der Waals surface area (Å²) in [5.41, 5.74) is 2.05. The van der Waals surface area contributed by atoms with Crippen LogP contribution in [0.1, 0.15) is 18.2 Å². The lowest BCUT2D eigenvalue weighted by Gasteiger charge is -2.11. The second-order valence-corrected chi connectivity index (χ2v) is 5.37. The van der Waals surface area contributed by atoms with Crippen LogP contribution < -0.4 is 10.6 Å². The normalized spacial score (nSPS) is 11.9. The average molecular weight is 333 g/mol. The first kappa shape index (κ1) is 18.3. The lowest BCUT2D eigenvalue weighted by atomic mass is 10.1. The predicted octanol–water partition coefficient (Wildman–Crippen LogP) is 2.46. The van der Waals surface area contributed by atoms with Crippen LogP contribution in [0.2, 0.25) is 0 Å². The van der Waals surface area contributed by atoms with Gasteiger partial charge in [-0.3, -0.25) is 0 Å². The van der Waals surface area contributed by atoms with Gasteiger partial charge in [-0.15, -0.1) is 0 Å². The van der Waals surface area contributed by atoms with Gasteiger partial charge in [0.05, 0.1) is 19.8 Å². The number of para-hydroxylation sites is 1. The van der Waals surface area contributed by atoms with Crippen molar-refractivity contribution in [1.82, 2.24) is 10.6 Å². The van der Waals surface area contributed by atoms with Gasteiger partial charge in [0.15, 0.2) is 5.96 Å². The molecule has 24 heavy (non-hydrogen) atoms. The van der Waals surface area contributed by atoms with Gasteiger partial charge < -0.3 is 24.5 Å². The van der Waals surface area contributed by atoms with E-state index in [1.165, 1.54) is 0 Å². The first-order valence-corrected chi connectivity index (χ1v) is 8.32. The van der Waals surface area contributed by atoms with Crippen LogP contribution in [0.5, 0.6) is 0 Å². The SMILES string of the molecule is CCNC(=NCc1oc2ccccc2c1C)NCCOCCOC. The van der Waals surface area contributed by atoms with E-state index in [1.807, 2.05) is 25.1 Å². The maximum absolute atomic E-state index is 5.90. The molecule has 0 saturated heterocycles. The van der Waals surface area contributed by atoms with E-state index >= 15 is 0 Å². The zero-order valence-electron chi connectivity index (χ0n) is 14.7. The molecular weight excluding hydrogens is 306 g/mol. The summed E-state index contributed by atoms with van der Waals surface area (Å²) in [6, 6.07) is 8.05. The molecule has 2 aromatic rings. The summed E-state index contributed by atoms with van der Waals surface area (Å²) in [7, 11) is 1.66. The minimum atomic E-state index is 0.500. The summed E-state index contributed by atoms with van der Waals surface area (Å²) in [6.45, 7) is 7.92. The van der Waals surface area contributed by atoms with Crippen LogP contribution in [0.4, 0.5) is 0 Å². The van der Waals surface area contributed by atoms with E-state index in [9.17, 15) is 0 Å². The molecule has 0 saturated carbocycles. The number of ether oxygens (including phenoxy) is 2. The van der Waals surface area contributed by atoms with Crippen molar-refractivity contribution in [1.29, 1.82) is 0 Å². The Morgan fingerprint density at radius 3 is 2.75 bits per heavy atom. The molecule has 6 heteroatoms. The third-order valence-electron chi connectivity index (χ3n) is 3.64. The Hall–Kier alpha value is -2.05. The molecule has 1 aromatic carbocycles. The molecule has 0 aliphatic carbocycles. The number of hydrogen-bond acceptors (Lipinski definition) is 4. The molecule has 0 aliphatic rings. The molecule has 0 atom stereocenters. The van der Waals surface area contributed by atoms with Gasteiger partial charge in [0.25, 0.3) is 0 Å². The fraction of sp³-hybridized carbons (Fsp3) is 0.500. The van der Waals surface area contributed by atoms with Gasteiger partial charge in [-0.05, 0) is 19.9 Å². The lowest BCUT2D eigenvalue weighted by molar-refractivity contribution is 0.0733. The number of benzene rings is 1. The molecular formula is C18H27N3O3. The zero-order valence-corrected chi connectivity index (χ0v) is 14.7. The molecule has 0 spiro atoms. The van der Waals surface area contributed by atoms with Gasteiger partial charge in [0, 0.05) is 31.1 Å². The van der Waals surface area contributed by atoms with Crippen molar-refractivity contribution >= 4 is 16.9 Å². The van der Waals surface area contributed by atoms with Crippen molar-refractivity contribution < 1.29 is 13.9 Å². The number of guanidine groups is 1. The first-order valence-electron chi connectivity index (χ1n) is 8.32. The highest BCUT2D eigenvalue weighted by Gasteiger charge is 2.09. The maximum atomic E-state index is 5.90. The number of hydrogen-bond donors (Lipinski definition) is 2. The van der Waals surface area contributed by atoms with E-state index in [0.29, 0.717) is 32.9 Å². The van der Waals surface area contributed by atoms with Crippen molar-refractivity contribution in [2.45, 2.75) is 20.4 Å². The molecule has 1 heterocycles. The van der Waals surface area contributed by atoms with Crippen molar-refractivity contribution in [2.75, 3.05) is 40.0 Å². The van der Waals surface area contributed by atoms with E-state index in [1.54, 1.807) is 7.11 Å². The molecule has 2 rings (SSSR count). The fourth-order valence-corrected chi connectivity index (χ4v) is 2.35. The summed E-state index contributed by atoms with van der Waals surface area (Å²) < 4.78 is 16.3. The zero-order chi connectivity index (χ0) is 17.2. The Balaban J connectivity index is 1.90. The number of nitrogens with zero attached hydrogens (tertiary/aromatic N) is 1. The molecule has 0 aliphatic heterocycles. The molecule has 1 aromatic heterocycles. The lowest BCUT2D eigenvalue weighted by Crippen LogP contribution is -2.39. The summed E-state index contributed by atoms with van der Waals surface area (Å²) in [6.07, 6.45) is 0. The number of fused-ring (bicyclic) bond motifs is 1. The summed E-state index contributed by atoms with van der Waals surface area (Å²) in [4.78, 5) is 4.59. The van der Waals surface area contributed by atoms with Crippen LogP contribution in [0.15, 0.2) is 33.7 Å². The number of aryl methyl sites for hydroxylation is 1. The first-order chi connectivity index (χ1) is 11.8. The van der Waals surface area contributed by atoms with Crippen molar-refractivity contribution in [3.63, 3.8) is 0 Å². The molecule has 2 N–H and O–H groups in total. The summed E-state index contributed by atoms with van der Waals surface area (Å²) in [5, 5.41) is 7.62. The molecule has 6 nitrogen and oxygen atoms in total. The number of nitrogens with one attached hydrogen (secondary N) is 2. The largest absolute Gasteiger partial charge is 0.459 e. The Morgan fingerprint density at radius 1 is 1.17 bits per heavy atom. The van der Waals surface area contributed by atoms with E-state index in [0.717, 1.165) is 34.8 Å². The van der Waals surface area contributed by atoms with Crippen molar-refractivity contribution in [3.8, 4) is 0 Å². The van der Waals surface area contributed by atoms with Crippen LogP contribution in [-0.2, 0) is 16.0 Å². The monoisotopic (exact) mass is 333 g/mol. The van der Waals surface area contributed by atoms with Crippen LogP contribution in [-0.4, -0.2) is 46.0 Å². The highest BCUT2D eigenvalue weighted by Crippen LogP contribution is 2.25. The topological polar surface area (TPSA) is 68.0 Å². The van der Waals surface area contributed by atoms with Crippen molar-refractivity contribution in [2.24, 2.45) is 4.99 Å². The van der Waals surface area contributed by atoms with Gasteiger partial charge >= 0.3 is 0 Å². The number of rotatable bonds is 9. The molecule has 0 radical (unpaired) electrons. The number of furan rings is 1. The molecule has 0 fully saturated rings. The Morgan fingerprint density at radius 2 is 2.00 bits per heavy atom. The van der Waals surface area contributed by atoms with Crippen LogP contribution in [0, 0.1) is 6.92 Å². The highest BCUT2D eigenvalue weighted by atomic mass is 16.5. The van der Waals surface area contributed by atoms with Crippen LogP contribution in [0.3, 0.4) is 0 Å². The Bertz CT molecular complexity index is 652. The van der Waals surface area contributed by atoms with Gasteiger partial charge in [-0.25, -0.2) is 4.99 Å². The molecule has 0 amide bonds. The van der Waals surface area contributed by atoms with Gasteiger partial charge in [0.1, 0.15) is 17.9 Å². The third-order valence-corrected chi connectivity index (χ3v) is 3.64. The molecule has 0 bridgehead atoms. The van der Waals surface area contributed by atoms with Gasteiger partial charge in [-0.1, -0.05) is 18.2 Å². The van der Waals surface area contributed by atoms with E-state index in [2.05, 4.69) is 28.6 Å². The minimum absolute atomic E-state index is 0.500. The predicted molar refractivity (Wildman–Crippen MR) is 96.5 cm³/mol. The van der Waals surface area contributed by atoms with Gasteiger partial charge in [-0.2, -0.15) is 0 Å². The van der Waals surface area contributed by atoms with Crippen molar-refractivity contribution in [3.05, 3.63) is 35.6 Å². The maximum Gasteiger partial charge on any atom is 0.191 e. The summed E-state index contributed by atoms with van der Waals surface area (Å²) in [5.74, 6) is 1.65. The second-order valence-electron chi connectivity index (χ2n) is 5.37. The quantitative estimate of drug-likeness (QED) is 0.419. The minimum Gasteiger partial charge on any atom is -0.459 e. The Labute approximate surface area is 143 Å². The summed E-state index contributed by atoms with van der Waals surface area (Å²) >= 11 is 0. The second kappa shape index (κ2) is 9.95. The van der Waals surface area contributed by atoms with Crippen LogP contribution >= 0.6 is 0 Å². The molecule has 0 unspecified atom stereocenters. The highest BCUT2D eigenvalue weighted by molar-refractivity contribution is 5.82. The molecule has 132 valence electrons. The van der Waals surface area contributed by atoms with Crippen LogP contribution in [0.25, 0.3) is 11.0 Å². The van der Waals surface area contributed by atoms with E-state index < -0.39 is 0 Å². The third kappa shape index (κ3) is 5.25. The van der Waals surface area contributed by atoms with E-state index in [-0.39, 0.29) is 0 Å². The average Bonchev–Trinajstić information content (AvgIpc) is 2.92. The fourth-order valence-electron chi connectivity index (χ4n) is 2.35. The van der Waals surface area contributed by atoms with E-state index in [4.69, 9.17) is 13.9 Å². The number of aliphatic imine (C=N–C) groups is 1.